The maximum Gasteiger partial charge on any atom is 0 e. The van der Waals surface area contributed by atoms with Crippen molar-refractivity contribution < 1.29 is 60.3 Å². The summed E-state index contributed by atoms with van der Waals surface area (Å²) in [6.07, 6.45) is 51.1. The topological polar surface area (TPSA) is 0 Å². The molecule has 0 heterocycles. The van der Waals surface area contributed by atoms with Gasteiger partial charge in [0.1, 0.15) is 0 Å². The maximum absolute atomic E-state index is 2.25. The van der Waals surface area contributed by atoms with Gasteiger partial charge in [-0.15, -0.1) is 19.3 Å². The molecule has 0 aliphatic heterocycles. The first-order valence-corrected chi connectivity index (χ1v) is 48.2. The molecule has 0 aliphatic carbocycles. The van der Waals surface area contributed by atoms with E-state index in [-0.39, 0.29) is 60.3 Å². The van der Waals surface area contributed by atoms with E-state index in [1.165, 1.54) is 141 Å². The van der Waals surface area contributed by atoms with Gasteiger partial charge >= 0.3 is 0 Å². The third-order valence-corrected chi connectivity index (χ3v) is 6.61. The summed E-state index contributed by atoms with van der Waals surface area (Å²) in [5.74, 6) is 0. The van der Waals surface area contributed by atoms with Crippen molar-refractivity contribution in [2.45, 2.75) is 626 Å². The van der Waals surface area contributed by atoms with Gasteiger partial charge in [0.15, 0.2) is 0 Å². The van der Waals surface area contributed by atoms with E-state index in [0.29, 0.717) is 0 Å². The van der Waals surface area contributed by atoms with Gasteiger partial charge in [0.2, 0.25) is 0 Å². The molecular weight excluding hydrogens is 1800 g/mol. The van der Waals surface area contributed by atoms with E-state index in [9.17, 15) is 0 Å². The zero-order chi connectivity index (χ0) is 92.6. The molecule has 0 nitrogen and oxygen atoms in total. The first kappa shape index (κ1) is 253. The molecule has 0 aromatic rings. The van der Waals surface area contributed by atoms with Crippen molar-refractivity contribution in [1.29, 1.82) is 0 Å². The molecule has 0 atom stereocenters. The average Bonchev–Trinajstić information content (AvgIpc) is 3.79. The maximum atomic E-state index is 2.25. The van der Waals surface area contributed by atoms with Crippen LogP contribution in [0.4, 0.5) is 0 Å². The summed E-state index contributed by atoms with van der Waals surface area (Å²) >= 11 is 0. The SMILES string of the molecule is CC.CC.CC.CC.CC.CC.CC.CC.CC.CC.CC.CC.CC.CC.CC.CC.CC.CC.CC.CC.CC.CC.CC.CC.CC.CC.CC.CC.CCCCCC.CCCCCCC.C[CH-]CCC[CH-]C.C[CH-]CCC[CH-]C.C[CH-]CCC[CH-]C.C[CH-]CC[CH-]C.C[CH-]CC[CH-]C.[Ir].[Ir].[Ir]. The summed E-state index contributed by atoms with van der Waals surface area (Å²) in [7, 11) is 0. The number of unbranched alkanes of at least 4 members (excludes halogenated alkanes) is 25. The second-order valence-corrected chi connectivity index (χ2v) is 11.8. The van der Waals surface area contributed by atoms with Crippen molar-refractivity contribution in [3.63, 3.8) is 0 Å². The molecule has 0 amide bonds. The molecule has 0 rings (SSSR count). The van der Waals surface area contributed by atoms with E-state index < -0.39 is 0 Å². The van der Waals surface area contributed by atoms with E-state index in [2.05, 4.69) is 161 Å². The summed E-state index contributed by atoms with van der Waals surface area (Å²) in [4.78, 5) is 0. The van der Waals surface area contributed by atoms with E-state index in [1.807, 2.05) is 388 Å². The van der Waals surface area contributed by atoms with Crippen LogP contribution in [0.15, 0.2) is 0 Å². The van der Waals surface area contributed by atoms with E-state index in [0.717, 1.165) is 0 Å². The van der Waals surface area contributed by atoms with Crippen LogP contribution in [0, 0.1) is 64.2 Å². The Kier molecular flexibility index (Phi) is 2440. The minimum Gasteiger partial charge on any atom is -0.334 e. The van der Waals surface area contributed by atoms with Crippen LogP contribution in [0.2, 0.25) is 0 Å². The first-order valence-electron chi connectivity index (χ1n) is 48.2. The molecule has 3 heteroatoms. The van der Waals surface area contributed by atoms with Crippen molar-refractivity contribution in [3.05, 3.63) is 64.2 Å². The van der Waals surface area contributed by atoms with Gasteiger partial charge in [-0.3, -0.25) is 0 Å². The molecule has 0 spiro atoms. The van der Waals surface area contributed by atoms with Gasteiger partial charge in [-0.1, -0.05) is 473 Å². The van der Waals surface area contributed by atoms with Gasteiger partial charge in [0, 0.05) is 60.3 Å². The summed E-state index contributed by atoms with van der Waals surface area (Å²) in [5.41, 5.74) is 0. The third kappa shape index (κ3) is 1580. The summed E-state index contributed by atoms with van der Waals surface area (Å²) in [6, 6.07) is 0. The van der Waals surface area contributed by atoms with Crippen LogP contribution < -0.4 is 0 Å². The fourth-order valence-electron chi connectivity index (χ4n) is 3.42. The second kappa shape index (κ2) is 1010. The zero-order valence-electron chi connectivity index (χ0n) is 92.3. The van der Waals surface area contributed by atoms with Crippen molar-refractivity contribution in [3.8, 4) is 0 Å². The predicted octanol–water partition coefficient (Wildman–Crippen LogP) is 46.5. The van der Waals surface area contributed by atoms with E-state index >= 15 is 0 Å². The number of hydrogen-bond donors (Lipinski definition) is 0. The van der Waals surface area contributed by atoms with Crippen molar-refractivity contribution in [1.82, 2.24) is 0 Å². The quantitative estimate of drug-likeness (QED) is 0.0631. The summed E-state index contributed by atoms with van der Waals surface area (Å²) < 4.78 is 0. The molecule has 0 unspecified atom stereocenters. The van der Waals surface area contributed by atoms with Crippen molar-refractivity contribution in [2.75, 3.05) is 0 Å². The van der Waals surface area contributed by atoms with Gasteiger partial charge in [0.05, 0.1) is 0 Å². The van der Waals surface area contributed by atoms with Crippen LogP contribution >= 0.6 is 0 Å². The molecular formula is C102H264Ir3-10. The van der Waals surface area contributed by atoms with Crippen molar-refractivity contribution >= 4 is 0 Å². The third-order valence-electron chi connectivity index (χ3n) is 6.61. The molecule has 105 heavy (non-hydrogen) atoms. The Bertz CT molecular complexity index is 253. The normalized spacial score (nSPS) is 5.66. The summed E-state index contributed by atoms with van der Waals surface area (Å²) in [5, 5.41) is 0. The van der Waals surface area contributed by atoms with Gasteiger partial charge < -0.3 is 64.2 Å². The Morgan fingerprint density at radius 2 is 0.171 bits per heavy atom. The molecule has 0 bridgehead atoms. The zero-order valence-corrected chi connectivity index (χ0v) is 99.5. The first-order chi connectivity index (χ1) is 50.4. The van der Waals surface area contributed by atoms with E-state index in [1.54, 1.807) is 0 Å². The van der Waals surface area contributed by atoms with Crippen molar-refractivity contribution in [2.24, 2.45) is 0 Å². The molecule has 0 saturated carbocycles. The van der Waals surface area contributed by atoms with Crippen LogP contribution in [0.25, 0.3) is 0 Å². The van der Waals surface area contributed by atoms with E-state index in [4.69, 9.17) is 0 Å². The molecule has 0 aromatic carbocycles. The van der Waals surface area contributed by atoms with Crippen LogP contribution in [0.1, 0.15) is 626 Å². The Morgan fingerprint density at radius 1 is 0.105 bits per heavy atom. The predicted molar refractivity (Wildman–Crippen MR) is 542 cm³/mol. The number of rotatable bonds is 25. The van der Waals surface area contributed by atoms with Gasteiger partial charge in [0.25, 0.3) is 0 Å². The molecule has 0 N–H and O–H groups in total. The molecule has 709 valence electrons. The minimum absolute atomic E-state index is 0. The van der Waals surface area contributed by atoms with Crippen LogP contribution in [0.5, 0.6) is 0 Å². The standard InChI is InChI=1S/C7H16.3C7H14.C6H14.2C6H12.28C2H6.3Ir/c4*1-3-5-7-6-4-2;3*1-3-5-6-4-2;28*1-2;;;/h3-7H2,1-2H3;3*3-4H,5-7H2,1-2H3;3-6H2,1-2H3;2*3-4H,5-6H2,1-2H3;28*1-2H3;;;/q;3*-2;;2*-2;;;;;;;;;;;;;;;;;;;;;;;;;;;;;;;. The second-order valence-electron chi connectivity index (χ2n) is 11.8. The van der Waals surface area contributed by atoms with Gasteiger partial charge in [-0.25, -0.2) is 25.7 Å². The summed E-state index contributed by atoms with van der Waals surface area (Å²) in [6.45, 7) is 142. The van der Waals surface area contributed by atoms with Gasteiger partial charge in [-0.05, 0) is 0 Å². The largest absolute Gasteiger partial charge is 0.334 e. The molecule has 3 radical (unpaired) electrons. The Morgan fingerprint density at radius 3 is 0.229 bits per heavy atom. The smallest absolute Gasteiger partial charge is 0 e. The molecule has 0 fully saturated rings. The minimum atomic E-state index is 0. The van der Waals surface area contributed by atoms with Crippen LogP contribution in [-0.2, 0) is 60.3 Å². The molecule has 0 aliphatic rings. The van der Waals surface area contributed by atoms with Gasteiger partial charge in [-0.2, -0.15) is 108 Å². The fourth-order valence-corrected chi connectivity index (χ4v) is 3.42. The molecule has 0 aromatic heterocycles. The monoisotopic (exact) mass is 2070 g/mol. The van der Waals surface area contributed by atoms with Crippen LogP contribution in [0.3, 0.4) is 0 Å². The fraction of sp³-hybridized carbons (Fsp3) is 0.902. The number of hydrogen-bond acceptors (Lipinski definition) is 0. The molecule has 0 saturated heterocycles. The van der Waals surface area contributed by atoms with Crippen LogP contribution in [-0.4, -0.2) is 0 Å². The average molecular weight is 2070 g/mol. The Labute approximate surface area is 744 Å². The Balaban J connectivity index is -0.0000000124. The Hall–Kier alpha value is 1.95.